The molecule has 10 nitrogen and oxygen atoms in total. The van der Waals surface area contributed by atoms with E-state index in [1.54, 1.807) is 84.9 Å². The molecule has 0 fully saturated rings. The predicted octanol–water partition coefficient (Wildman–Crippen LogP) is 9.71. The fourth-order valence-electron chi connectivity index (χ4n) is 7.91. The molecule has 56 heavy (non-hydrogen) atoms. The Hall–Kier alpha value is -7.46. The van der Waals surface area contributed by atoms with E-state index in [1.165, 1.54) is 40.6 Å². The van der Waals surface area contributed by atoms with Crippen molar-refractivity contribution in [2.24, 2.45) is 0 Å². The van der Waals surface area contributed by atoms with Crippen LogP contribution in [0.25, 0.3) is 76.5 Å². The molecule has 0 aliphatic heterocycles. The first-order chi connectivity index (χ1) is 27.2. The number of phenols is 4. The van der Waals surface area contributed by atoms with E-state index in [1.807, 2.05) is 12.1 Å². The fourth-order valence-corrected chi connectivity index (χ4v) is 7.91. The van der Waals surface area contributed by atoms with Crippen LogP contribution in [0.2, 0.25) is 0 Å². The summed E-state index contributed by atoms with van der Waals surface area (Å²) in [4.78, 5) is 25.9. The standard InChI is InChI=1S/C46H34O10/c1-53-43-37(29-19-11-9-17-27(29)35(41(43)49)33-25-15-7-5-13-23(25)21-31(39(33)47)45(51)55-3)38-30-20-12-10-18-28(30)36(42(50)44(38)54-2)34-26-16-8-6-14-24(26)22-32(40(34)48)46(52)56-4/h5-22,47-50H,1-4H3. The largest absolute Gasteiger partial charge is 0.506 e. The smallest absolute Gasteiger partial charge is 0.341 e. The monoisotopic (exact) mass is 746 g/mol. The van der Waals surface area contributed by atoms with Gasteiger partial charge >= 0.3 is 11.9 Å². The molecule has 0 heterocycles. The average molecular weight is 747 g/mol. The van der Waals surface area contributed by atoms with Crippen molar-refractivity contribution in [1.82, 2.24) is 0 Å². The number of hydrogen-bond acceptors (Lipinski definition) is 10. The Morgan fingerprint density at radius 1 is 0.393 bits per heavy atom. The normalized spacial score (nSPS) is 11.3. The molecule has 8 aromatic rings. The van der Waals surface area contributed by atoms with E-state index in [-0.39, 0.29) is 56.4 Å². The predicted molar refractivity (Wildman–Crippen MR) is 215 cm³/mol. The summed E-state index contributed by atoms with van der Waals surface area (Å²) < 4.78 is 22.1. The maximum atomic E-state index is 12.9. The SMILES string of the molecule is COC(=O)c1cc2ccccc2c(-c2c(O)c(OC)c(-c3c(OC)c(O)c(-c4c(O)c(C(=O)OC)cc5ccccc45)c4ccccc34)c3ccccc23)c1O. The summed E-state index contributed by atoms with van der Waals surface area (Å²) in [7, 11) is 5.23. The number of carbonyl (C=O) groups excluding carboxylic acids is 2. The molecule has 0 unspecified atom stereocenters. The molecule has 0 aliphatic rings. The van der Waals surface area contributed by atoms with Gasteiger partial charge in [-0.15, -0.1) is 0 Å². The molecule has 0 radical (unpaired) electrons. The van der Waals surface area contributed by atoms with Crippen LogP contribution in [0.4, 0.5) is 0 Å². The first kappa shape index (κ1) is 35.6. The van der Waals surface area contributed by atoms with Crippen LogP contribution < -0.4 is 9.47 Å². The topological polar surface area (TPSA) is 152 Å². The minimum atomic E-state index is -0.760. The highest BCUT2D eigenvalue weighted by Crippen LogP contribution is 2.59. The number of benzene rings is 8. The van der Waals surface area contributed by atoms with Gasteiger partial charge in [-0.2, -0.15) is 0 Å². The number of hydrogen-bond donors (Lipinski definition) is 4. The van der Waals surface area contributed by atoms with E-state index in [0.717, 1.165) is 0 Å². The molecule has 4 N–H and O–H groups in total. The van der Waals surface area contributed by atoms with Crippen molar-refractivity contribution in [3.8, 4) is 67.9 Å². The molecule has 0 amide bonds. The molecule has 0 aliphatic carbocycles. The maximum Gasteiger partial charge on any atom is 0.341 e. The van der Waals surface area contributed by atoms with Crippen LogP contribution in [0.5, 0.6) is 34.5 Å². The molecule has 0 saturated heterocycles. The van der Waals surface area contributed by atoms with Crippen molar-refractivity contribution in [1.29, 1.82) is 0 Å². The highest BCUT2D eigenvalue weighted by atomic mass is 16.5. The lowest BCUT2D eigenvalue weighted by Crippen LogP contribution is -2.04. The average Bonchev–Trinajstić information content (AvgIpc) is 3.23. The Morgan fingerprint density at radius 2 is 0.679 bits per heavy atom. The van der Waals surface area contributed by atoms with Crippen LogP contribution in [-0.4, -0.2) is 60.8 Å². The third kappa shape index (κ3) is 5.18. The number of esters is 2. The summed E-state index contributed by atoms with van der Waals surface area (Å²) in [6.45, 7) is 0. The summed E-state index contributed by atoms with van der Waals surface area (Å²) in [6.07, 6.45) is 0. The second kappa shape index (κ2) is 13.7. The second-order valence-corrected chi connectivity index (χ2v) is 13.1. The van der Waals surface area contributed by atoms with Gasteiger partial charge in [0.05, 0.1) is 28.4 Å². The third-order valence-corrected chi connectivity index (χ3v) is 10.3. The zero-order chi connectivity index (χ0) is 39.4. The molecular weight excluding hydrogens is 712 g/mol. The van der Waals surface area contributed by atoms with Gasteiger partial charge in [-0.1, -0.05) is 97.1 Å². The summed E-state index contributed by atoms with van der Waals surface area (Å²) in [5.74, 6) is -3.03. The van der Waals surface area contributed by atoms with Crippen LogP contribution in [0.15, 0.2) is 109 Å². The van der Waals surface area contributed by atoms with Gasteiger partial charge in [-0.3, -0.25) is 0 Å². The highest BCUT2D eigenvalue weighted by molar-refractivity contribution is 6.23. The molecule has 0 bridgehead atoms. The van der Waals surface area contributed by atoms with E-state index in [0.29, 0.717) is 54.2 Å². The summed E-state index contributed by atoms with van der Waals surface area (Å²) in [5, 5.41) is 52.8. The van der Waals surface area contributed by atoms with Crippen LogP contribution in [0.3, 0.4) is 0 Å². The molecule has 0 aromatic heterocycles. The van der Waals surface area contributed by atoms with Gasteiger partial charge in [-0.25, -0.2) is 9.59 Å². The van der Waals surface area contributed by atoms with E-state index in [2.05, 4.69) is 0 Å². The zero-order valence-corrected chi connectivity index (χ0v) is 30.6. The van der Waals surface area contributed by atoms with Crippen LogP contribution in [0, 0.1) is 0 Å². The van der Waals surface area contributed by atoms with Crippen LogP contribution in [-0.2, 0) is 9.47 Å². The molecule has 278 valence electrons. The number of rotatable bonds is 7. The summed E-state index contributed by atoms with van der Waals surface area (Å²) in [5.41, 5.74) is 1.28. The van der Waals surface area contributed by atoms with E-state index < -0.39 is 23.4 Å². The lowest BCUT2D eigenvalue weighted by atomic mass is 9.83. The molecule has 0 saturated carbocycles. The Bertz CT molecular complexity index is 2750. The van der Waals surface area contributed by atoms with E-state index in [4.69, 9.17) is 18.9 Å². The Labute approximate surface area is 319 Å². The van der Waals surface area contributed by atoms with Crippen molar-refractivity contribution in [2.45, 2.75) is 0 Å². The van der Waals surface area contributed by atoms with Crippen LogP contribution in [0.1, 0.15) is 20.7 Å². The summed E-state index contributed by atoms with van der Waals surface area (Å²) >= 11 is 0. The molecule has 10 heteroatoms. The summed E-state index contributed by atoms with van der Waals surface area (Å²) in [6, 6.07) is 31.7. The van der Waals surface area contributed by atoms with Gasteiger partial charge in [0.1, 0.15) is 22.6 Å². The lowest BCUT2D eigenvalue weighted by molar-refractivity contribution is 0.0588. The second-order valence-electron chi connectivity index (χ2n) is 13.1. The van der Waals surface area contributed by atoms with Crippen molar-refractivity contribution in [2.75, 3.05) is 28.4 Å². The quantitative estimate of drug-likeness (QED) is 0.116. The molecule has 8 aromatic carbocycles. The number of carbonyl (C=O) groups is 2. The van der Waals surface area contributed by atoms with Gasteiger partial charge in [-0.05, 0) is 55.2 Å². The van der Waals surface area contributed by atoms with Crippen LogP contribution >= 0.6 is 0 Å². The third-order valence-electron chi connectivity index (χ3n) is 10.3. The van der Waals surface area contributed by atoms with Gasteiger partial charge in [0.2, 0.25) is 0 Å². The van der Waals surface area contributed by atoms with Gasteiger partial charge in [0.15, 0.2) is 23.0 Å². The van der Waals surface area contributed by atoms with Crippen molar-refractivity contribution in [3.63, 3.8) is 0 Å². The lowest BCUT2D eigenvalue weighted by Gasteiger charge is -2.24. The molecule has 8 rings (SSSR count). The number of aromatic hydroxyl groups is 4. The molecule has 0 atom stereocenters. The minimum Gasteiger partial charge on any atom is -0.506 e. The fraction of sp³-hybridized carbons (Fsp3) is 0.0870. The highest BCUT2D eigenvalue weighted by Gasteiger charge is 2.33. The van der Waals surface area contributed by atoms with Crippen molar-refractivity contribution >= 4 is 55.0 Å². The number of fused-ring (bicyclic) bond motifs is 4. The van der Waals surface area contributed by atoms with Crippen molar-refractivity contribution < 1.29 is 49.0 Å². The zero-order valence-electron chi connectivity index (χ0n) is 30.6. The van der Waals surface area contributed by atoms with Crippen molar-refractivity contribution in [3.05, 3.63) is 120 Å². The van der Waals surface area contributed by atoms with Gasteiger partial charge in [0, 0.05) is 33.4 Å². The van der Waals surface area contributed by atoms with Gasteiger partial charge < -0.3 is 39.4 Å². The van der Waals surface area contributed by atoms with Gasteiger partial charge in [0.25, 0.3) is 0 Å². The number of methoxy groups -OCH3 is 4. The molecular formula is C46H34O10. The molecule has 0 spiro atoms. The first-order valence-electron chi connectivity index (χ1n) is 17.5. The first-order valence-corrected chi connectivity index (χ1v) is 17.5. The number of phenolic OH excluding ortho intramolecular Hbond substituents is 4. The Morgan fingerprint density at radius 3 is 1.00 bits per heavy atom. The van der Waals surface area contributed by atoms with E-state index >= 15 is 0 Å². The number of ether oxygens (including phenoxy) is 4. The van der Waals surface area contributed by atoms with E-state index in [9.17, 15) is 30.0 Å². The Kier molecular flexibility index (Phi) is 8.73. The maximum absolute atomic E-state index is 12.9. The Balaban J connectivity index is 1.53. The minimum absolute atomic E-state index is 0.0118.